The Labute approximate surface area is 135 Å². The van der Waals surface area contributed by atoms with Crippen LogP contribution in [0.15, 0.2) is 57.7 Å². The van der Waals surface area contributed by atoms with E-state index in [9.17, 15) is 9.59 Å². The van der Waals surface area contributed by atoms with E-state index in [-0.39, 0.29) is 11.2 Å². The van der Waals surface area contributed by atoms with Crippen LogP contribution in [-0.2, 0) is 0 Å². The van der Waals surface area contributed by atoms with E-state index in [1.807, 2.05) is 0 Å². The van der Waals surface area contributed by atoms with Crippen LogP contribution in [0.5, 0.6) is 0 Å². The fourth-order valence-corrected chi connectivity index (χ4v) is 2.36. The maximum atomic E-state index is 12.2. The second-order valence-corrected chi connectivity index (χ2v) is 5.45. The topological polar surface area (TPSA) is 59.3 Å². The summed E-state index contributed by atoms with van der Waals surface area (Å²) >= 11 is 11.7. The van der Waals surface area contributed by atoms with E-state index in [4.69, 9.17) is 27.6 Å². The van der Waals surface area contributed by atoms with Crippen molar-refractivity contribution in [2.75, 3.05) is 5.32 Å². The van der Waals surface area contributed by atoms with Crippen LogP contribution in [0.3, 0.4) is 0 Å². The van der Waals surface area contributed by atoms with Crippen molar-refractivity contribution < 1.29 is 9.21 Å². The lowest BCUT2D eigenvalue weighted by molar-refractivity contribution is 0.0997. The van der Waals surface area contributed by atoms with Crippen molar-refractivity contribution in [2.45, 2.75) is 0 Å². The molecule has 6 heteroatoms. The molecule has 0 atom stereocenters. The molecule has 4 nitrogen and oxygen atoms in total. The Bertz CT molecular complexity index is 934. The second-order valence-electron chi connectivity index (χ2n) is 4.58. The van der Waals surface area contributed by atoms with Crippen molar-refractivity contribution in [3.63, 3.8) is 0 Å². The molecule has 0 saturated heterocycles. The van der Waals surface area contributed by atoms with Crippen molar-refractivity contribution in [3.05, 3.63) is 74.6 Å². The average Bonchev–Trinajstić information content (AvgIpc) is 2.48. The van der Waals surface area contributed by atoms with Crippen molar-refractivity contribution in [1.82, 2.24) is 0 Å². The fraction of sp³-hybridized carbons (Fsp3) is 0. The molecule has 0 aliphatic rings. The summed E-state index contributed by atoms with van der Waals surface area (Å²) in [4.78, 5) is 24.2. The number of carbonyl (C=O) groups excluding carboxylic acids is 1. The number of benzene rings is 2. The summed E-state index contributed by atoms with van der Waals surface area (Å²) in [6.45, 7) is 0. The molecular formula is C16H9Cl2NO3. The smallest absolute Gasteiger partial charge is 0.291 e. The predicted octanol–water partition coefficient (Wildman–Crippen LogP) is 4.35. The van der Waals surface area contributed by atoms with E-state index in [0.717, 1.165) is 6.07 Å². The van der Waals surface area contributed by atoms with Crippen LogP contribution in [0.1, 0.15) is 10.6 Å². The van der Waals surface area contributed by atoms with Gasteiger partial charge in [-0.25, -0.2) is 0 Å². The maximum Gasteiger partial charge on any atom is 0.291 e. The average molecular weight is 334 g/mol. The molecule has 0 aliphatic heterocycles. The zero-order chi connectivity index (χ0) is 15.7. The SMILES string of the molecule is O=C(Nc1cccc(Cl)c1)c1cc(=O)c2cc(Cl)ccc2o1. The highest BCUT2D eigenvalue weighted by atomic mass is 35.5. The van der Waals surface area contributed by atoms with Gasteiger partial charge in [-0.1, -0.05) is 29.3 Å². The lowest BCUT2D eigenvalue weighted by atomic mass is 10.2. The van der Waals surface area contributed by atoms with E-state index in [1.54, 1.807) is 36.4 Å². The third-order valence-electron chi connectivity index (χ3n) is 3.00. The number of carbonyl (C=O) groups is 1. The molecule has 0 spiro atoms. The van der Waals surface area contributed by atoms with Crippen molar-refractivity contribution >= 4 is 45.8 Å². The largest absolute Gasteiger partial charge is 0.451 e. The van der Waals surface area contributed by atoms with Crippen LogP contribution in [0.2, 0.25) is 10.0 Å². The normalized spacial score (nSPS) is 10.6. The van der Waals surface area contributed by atoms with E-state index in [0.29, 0.717) is 26.7 Å². The molecule has 2 aromatic carbocycles. The molecule has 0 unspecified atom stereocenters. The predicted molar refractivity (Wildman–Crippen MR) is 86.9 cm³/mol. The number of anilines is 1. The van der Waals surface area contributed by atoms with Gasteiger partial charge in [0.15, 0.2) is 11.2 Å². The number of rotatable bonds is 2. The third-order valence-corrected chi connectivity index (χ3v) is 3.47. The van der Waals surface area contributed by atoms with E-state index >= 15 is 0 Å². The van der Waals surface area contributed by atoms with Crippen LogP contribution < -0.4 is 10.7 Å². The van der Waals surface area contributed by atoms with Gasteiger partial charge in [-0.15, -0.1) is 0 Å². The van der Waals surface area contributed by atoms with Gasteiger partial charge < -0.3 is 9.73 Å². The number of hydrogen-bond donors (Lipinski definition) is 1. The highest BCUT2D eigenvalue weighted by molar-refractivity contribution is 6.31. The maximum absolute atomic E-state index is 12.2. The molecule has 1 heterocycles. The van der Waals surface area contributed by atoms with Gasteiger partial charge in [0.25, 0.3) is 5.91 Å². The number of hydrogen-bond acceptors (Lipinski definition) is 3. The molecule has 1 N–H and O–H groups in total. The lowest BCUT2D eigenvalue weighted by Gasteiger charge is -2.06. The summed E-state index contributed by atoms with van der Waals surface area (Å²) in [5.41, 5.74) is 0.476. The van der Waals surface area contributed by atoms with Crippen molar-refractivity contribution in [1.29, 1.82) is 0 Å². The quantitative estimate of drug-likeness (QED) is 0.758. The van der Waals surface area contributed by atoms with E-state index in [2.05, 4.69) is 5.32 Å². The summed E-state index contributed by atoms with van der Waals surface area (Å²) in [7, 11) is 0. The first-order valence-corrected chi connectivity index (χ1v) is 7.09. The molecule has 0 saturated carbocycles. The van der Waals surface area contributed by atoms with Gasteiger partial charge in [-0.05, 0) is 36.4 Å². The molecule has 0 bridgehead atoms. The zero-order valence-corrected chi connectivity index (χ0v) is 12.6. The third kappa shape index (κ3) is 2.98. The first-order valence-electron chi connectivity index (χ1n) is 6.33. The van der Waals surface area contributed by atoms with Gasteiger partial charge in [-0.3, -0.25) is 9.59 Å². The Morgan fingerprint density at radius 2 is 1.77 bits per heavy atom. The van der Waals surface area contributed by atoms with Crippen LogP contribution in [0, 0.1) is 0 Å². The van der Waals surface area contributed by atoms with Gasteiger partial charge in [-0.2, -0.15) is 0 Å². The summed E-state index contributed by atoms with van der Waals surface area (Å²) in [5.74, 6) is -0.615. The fourth-order valence-electron chi connectivity index (χ4n) is 2.00. The monoisotopic (exact) mass is 333 g/mol. The molecule has 0 radical (unpaired) electrons. The van der Waals surface area contributed by atoms with E-state index < -0.39 is 5.91 Å². The summed E-state index contributed by atoms with van der Waals surface area (Å²) < 4.78 is 5.46. The number of fused-ring (bicyclic) bond motifs is 1. The van der Waals surface area contributed by atoms with Crippen LogP contribution >= 0.6 is 23.2 Å². The highest BCUT2D eigenvalue weighted by Crippen LogP contribution is 2.19. The molecule has 1 amide bonds. The Kier molecular flexibility index (Phi) is 3.88. The van der Waals surface area contributed by atoms with Gasteiger partial charge >= 0.3 is 0 Å². The minimum Gasteiger partial charge on any atom is -0.451 e. The Balaban J connectivity index is 1.98. The summed E-state index contributed by atoms with van der Waals surface area (Å²) in [6.07, 6.45) is 0. The Hall–Kier alpha value is -2.30. The van der Waals surface area contributed by atoms with Crippen LogP contribution in [0.4, 0.5) is 5.69 Å². The second kappa shape index (κ2) is 5.83. The molecule has 110 valence electrons. The summed E-state index contributed by atoms with van der Waals surface area (Å²) in [6, 6.07) is 12.5. The minimum atomic E-state index is -0.531. The highest BCUT2D eigenvalue weighted by Gasteiger charge is 2.13. The first-order chi connectivity index (χ1) is 10.5. The summed E-state index contributed by atoms with van der Waals surface area (Å²) in [5, 5.41) is 3.87. The lowest BCUT2D eigenvalue weighted by Crippen LogP contribution is -2.14. The molecule has 0 fully saturated rings. The molecule has 22 heavy (non-hydrogen) atoms. The number of halogens is 2. The van der Waals surface area contributed by atoms with Crippen molar-refractivity contribution in [3.8, 4) is 0 Å². The number of amides is 1. The van der Waals surface area contributed by atoms with Crippen LogP contribution in [-0.4, -0.2) is 5.91 Å². The Morgan fingerprint density at radius 3 is 2.55 bits per heavy atom. The standard InChI is InChI=1S/C16H9Cl2NO3/c17-9-2-1-3-11(6-9)19-16(21)15-8-13(20)12-7-10(18)4-5-14(12)22-15/h1-8H,(H,19,21). The Morgan fingerprint density at radius 1 is 1.00 bits per heavy atom. The van der Waals surface area contributed by atoms with Gasteiger partial charge in [0, 0.05) is 21.8 Å². The number of nitrogens with one attached hydrogen (secondary N) is 1. The zero-order valence-electron chi connectivity index (χ0n) is 11.1. The first kappa shape index (κ1) is 14.6. The minimum absolute atomic E-state index is 0.0835. The molecular weight excluding hydrogens is 325 g/mol. The molecule has 1 aromatic heterocycles. The van der Waals surface area contributed by atoms with Crippen molar-refractivity contribution in [2.24, 2.45) is 0 Å². The van der Waals surface area contributed by atoms with Gasteiger partial charge in [0.2, 0.25) is 0 Å². The molecule has 0 aliphatic carbocycles. The molecule has 3 rings (SSSR count). The van der Waals surface area contributed by atoms with E-state index in [1.165, 1.54) is 6.07 Å². The van der Waals surface area contributed by atoms with Gasteiger partial charge in [0.1, 0.15) is 5.58 Å². The van der Waals surface area contributed by atoms with Gasteiger partial charge in [0.05, 0.1) is 5.39 Å². The molecule has 3 aromatic rings. The van der Waals surface area contributed by atoms with Crippen LogP contribution in [0.25, 0.3) is 11.0 Å².